The second-order valence-corrected chi connectivity index (χ2v) is 15.8. The van der Waals surface area contributed by atoms with Crippen molar-refractivity contribution in [1.82, 2.24) is 0 Å². The summed E-state index contributed by atoms with van der Waals surface area (Å²) in [5.41, 5.74) is 16.2. The van der Waals surface area contributed by atoms with Gasteiger partial charge in [-0.15, -0.1) is 11.3 Å². The Kier molecular flexibility index (Phi) is 6.49. The molecule has 2 heteroatoms. The van der Waals surface area contributed by atoms with E-state index in [0.717, 1.165) is 17.1 Å². The number of hydrogen-bond acceptors (Lipinski definition) is 2. The van der Waals surface area contributed by atoms with Gasteiger partial charge in [0.2, 0.25) is 0 Å². The van der Waals surface area contributed by atoms with E-state index in [-0.39, 0.29) is 0 Å². The number of para-hydroxylation sites is 1. The van der Waals surface area contributed by atoms with Crippen LogP contribution in [-0.2, 0) is 5.41 Å². The molecule has 0 unspecified atom stereocenters. The van der Waals surface area contributed by atoms with Gasteiger partial charge in [0.15, 0.2) is 0 Å². The highest BCUT2D eigenvalue weighted by molar-refractivity contribution is 7.26. The molecule has 0 radical (unpaired) electrons. The predicted octanol–water partition coefficient (Wildman–Crippen LogP) is 14.7. The van der Waals surface area contributed by atoms with E-state index < -0.39 is 5.41 Å². The summed E-state index contributed by atoms with van der Waals surface area (Å²) in [5, 5.41) is 5.19. The van der Waals surface area contributed by atoms with Crippen molar-refractivity contribution in [2.45, 2.75) is 5.41 Å². The Morgan fingerprint density at radius 1 is 0.364 bits per heavy atom. The predicted molar refractivity (Wildman–Crippen MR) is 233 cm³/mol. The molecule has 12 rings (SSSR count). The Labute approximate surface area is 324 Å². The first kappa shape index (κ1) is 30.7. The van der Waals surface area contributed by atoms with E-state index in [9.17, 15) is 0 Å². The Morgan fingerprint density at radius 3 is 1.78 bits per heavy atom. The van der Waals surface area contributed by atoms with Crippen LogP contribution in [0.15, 0.2) is 200 Å². The van der Waals surface area contributed by atoms with Crippen LogP contribution in [-0.4, -0.2) is 0 Å². The molecular weight excluding hydrogens is 683 g/mol. The van der Waals surface area contributed by atoms with E-state index >= 15 is 0 Å². The molecule has 256 valence electrons. The summed E-state index contributed by atoms with van der Waals surface area (Å²) in [6.45, 7) is 0. The monoisotopic (exact) mass is 715 g/mol. The van der Waals surface area contributed by atoms with Crippen LogP contribution in [0.3, 0.4) is 0 Å². The highest BCUT2D eigenvalue weighted by Gasteiger charge is 2.52. The minimum atomic E-state index is -0.446. The molecule has 0 bridgehead atoms. The van der Waals surface area contributed by atoms with Gasteiger partial charge in [-0.1, -0.05) is 158 Å². The van der Waals surface area contributed by atoms with Gasteiger partial charge < -0.3 is 4.90 Å². The lowest BCUT2D eigenvalue weighted by atomic mass is 9.70. The topological polar surface area (TPSA) is 3.24 Å². The van der Waals surface area contributed by atoms with Crippen molar-refractivity contribution in [2.24, 2.45) is 0 Å². The standard InChI is InChI=1S/C53H33NS/c1-2-15-36(16-3-1)54(37-27-25-35(26-28-37)40-21-12-14-34-13-4-5-17-39(34)40)38-29-30-45-49(33-38)53(46-22-9-6-18-41(46)42-19-7-10-23-47(42)53)48-32-31-44-43-20-8-11-24-50(43)55-52(44)51(45)48/h1-33H. The second-order valence-electron chi connectivity index (χ2n) is 14.8. The van der Waals surface area contributed by atoms with E-state index in [0.29, 0.717) is 0 Å². The van der Waals surface area contributed by atoms with Crippen LogP contribution in [0.2, 0.25) is 0 Å². The lowest BCUT2D eigenvalue weighted by Gasteiger charge is -2.32. The first-order valence-electron chi connectivity index (χ1n) is 19.0. The molecule has 55 heavy (non-hydrogen) atoms. The quantitative estimate of drug-likeness (QED) is 0.175. The van der Waals surface area contributed by atoms with Gasteiger partial charge in [-0.25, -0.2) is 0 Å². The van der Waals surface area contributed by atoms with Crippen LogP contribution in [0.5, 0.6) is 0 Å². The van der Waals surface area contributed by atoms with Crippen LogP contribution >= 0.6 is 11.3 Å². The van der Waals surface area contributed by atoms with Crippen LogP contribution in [0.4, 0.5) is 17.1 Å². The molecule has 0 atom stereocenters. The van der Waals surface area contributed by atoms with Crippen molar-refractivity contribution < 1.29 is 0 Å². The third-order valence-corrected chi connectivity index (χ3v) is 13.3. The van der Waals surface area contributed by atoms with Gasteiger partial charge in [0.05, 0.1) is 5.41 Å². The van der Waals surface area contributed by atoms with Crippen molar-refractivity contribution in [2.75, 3.05) is 4.90 Å². The Hall–Kier alpha value is -6.74. The van der Waals surface area contributed by atoms with Gasteiger partial charge in [0, 0.05) is 42.8 Å². The normalized spacial score (nSPS) is 13.2. The highest BCUT2D eigenvalue weighted by Crippen LogP contribution is 2.65. The van der Waals surface area contributed by atoms with Gasteiger partial charge in [-0.05, 0) is 103 Å². The van der Waals surface area contributed by atoms with Crippen LogP contribution < -0.4 is 4.90 Å². The summed E-state index contributed by atoms with van der Waals surface area (Å²) in [6.07, 6.45) is 0. The van der Waals surface area contributed by atoms with Gasteiger partial charge in [-0.2, -0.15) is 0 Å². The van der Waals surface area contributed by atoms with Crippen molar-refractivity contribution in [3.05, 3.63) is 222 Å². The highest BCUT2D eigenvalue weighted by atomic mass is 32.1. The van der Waals surface area contributed by atoms with E-state index in [4.69, 9.17) is 0 Å². The number of nitrogens with zero attached hydrogens (tertiary/aromatic N) is 1. The fourth-order valence-corrected chi connectivity index (χ4v) is 11.1. The molecule has 2 aliphatic carbocycles. The average Bonchev–Trinajstić information content (AvgIpc) is 3.88. The minimum absolute atomic E-state index is 0.446. The maximum Gasteiger partial charge on any atom is 0.0726 e. The lowest BCUT2D eigenvalue weighted by molar-refractivity contribution is 0.794. The summed E-state index contributed by atoms with van der Waals surface area (Å²) in [4.78, 5) is 2.42. The van der Waals surface area contributed by atoms with Gasteiger partial charge in [0.1, 0.15) is 0 Å². The number of fused-ring (bicyclic) bond motifs is 15. The SMILES string of the molecule is c1ccc(N(c2ccc(-c3cccc4ccccc34)cc2)c2ccc3c(c2)C2(c4ccccc4-c4ccccc42)c2ccc4c(sc5ccccc54)c2-3)cc1. The Balaban J connectivity index is 1.11. The lowest BCUT2D eigenvalue weighted by Crippen LogP contribution is -2.26. The van der Waals surface area contributed by atoms with Crippen LogP contribution in [0.25, 0.3) is 64.3 Å². The average molecular weight is 716 g/mol. The van der Waals surface area contributed by atoms with E-state index in [1.807, 2.05) is 11.3 Å². The first-order chi connectivity index (χ1) is 27.3. The molecule has 0 N–H and O–H groups in total. The zero-order valence-electron chi connectivity index (χ0n) is 29.9. The summed E-state index contributed by atoms with van der Waals surface area (Å²) in [5.74, 6) is 0. The maximum absolute atomic E-state index is 2.50. The van der Waals surface area contributed by atoms with Gasteiger partial charge >= 0.3 is 0 Å². The first-order valence-corrected chi connectivity index (χ1v) is 19.8. The smallest absolute Gasteiger partial charge is 0.0726 e. The summed E-state index contributed by atoms with van der Waals surface area (Å²) < 4.78 is 2.70. The molecular formula is C53H33NS. The molecule has 1 heterocycles. The fourth-order valence-electron chi connectivity index (χ4n) is 9.82. The van der Waals surface area contributed by atoms with Crippen molar-refractivity contribution in [3.63, 3.8) is 0 Å². The third kappa shape index (κ3) is 4.23. The Morgan fingerprint density at radius 2 is 0.982 bits per heavy atom. The van der Waals surface area contributed by atoms with Gasteiger partial charge in [-0.3, -0.25) is 0 Å². The van der Waals surface area contributed by atoms with E-state index in [1.54, 1.807) is 0 Å². The molecule has 1 spiro atoms. The van der Waals surface area contributed by atoms with E-state index in [1.165, 1.54) is 86.6 Å². The van der Waals surface area contributed by atoms with Crippen LogP contribution in [0.1, 0.15) is 22.3 Å². The van der Waals surface area contributed by atoms with Crippen molar-refractivity contribution in [3.8, 4) is 33.4 Å². The second kappa shape index (κ2) is 11.6. The molecule has 0 amide bonds. The zero-order valence-corrected chi connectivity index (χ0v) is 30.7. The molecule has 1 aromatic heterocycles. The zero-order chi connectivity index (χ0) is 36.1. The van der Waals surface area contributed by atoms with Crippen LogP contribution in [0, 0.1) is 0 Å². The molecule has 9 aromatic carbocycles. The largest absolute Gasteiger partial charge is 0.310 e. The summed E-state index contributed by atoms with van der Waals surface area (Å²) in [7, 11) is 0. The third-order valence-electron chi connectivity index (χ3n) is 12.1. The number of anilines is 3. The number of benzene rings is 9. The molecule has 0 saturated heterocycles. The molecule has 0 fully saturated rings. The molecule has 1 nitrogen and oxygen atoms in total. The van der Waals surface area contributed by atoms with Gasteiger partial charge in [0.25, 0.3) is 0 Å². The Bertz CT molecular complexity index is 3100. The number of hydrogen-bond donors (Lipinski definition) is 0. The minimum Gasteiger partial charge on any atom is -0.310 e. The molecule has 0 saturated carbocycles. The summed E-state index contributed by atoms with van der Waals surface area (Å²) in [6, 6.07) is 74.3. The molecule has 2 aliphatic rings. The summed E-state index contributed by atoms with van der Waals surface area (Å²) >= 11 is 1.93. The van der Waals surface area contributed by atoms with Crippen molar-refractivity contribution >= 4 is 59.3 Å². The number of rotatable bonds is 4. The fraction of sp³-hybridized carbons (Fsp3) is 0.0189. The molecule has 10 aromatic rings. The number of thiophene rings is 1. The maximum atomic E-state index is 2.50. The van der Waals surface area contributed by atoms with E-state index in [2.05, 4.69) is 205 Å². The van der Waals surface area contributed by atoms with Crippen molar-refractivity contribution in [1.29, 1.82) is 0 Å². The molecule has 0 aliphatic heterocycles.